The average molecular weight is 1450 g/mol. The molecule has 22 saturated heterocycles. The van der Waals surface area contributed by atoms with Crippen LogP contribution in [0.1, 0.15) is 0 Å². The maximum Gasteiger partial charge on any atom is 0.469 e. The minimum atomic E-state index is -5.63. The highest BCUT2D eigenvalue weighted by Gasteiger charge is 2.60. The monoisotopic (exact) mass is 1450 g/mol. The van der Waals surface area contributed by atoms with E-state index in [4.69, 9.17) is 56.8 Å². The molecule has 22 fully saturated rings. The van der Waals surface area contributed by atoms with Crippen molar-refractivity contribution >= 4 is 46.9 Å². The highest BCUT2D eigenvalue weighted by molar-refractivity contribution is 7.47. The number of ether oxygens (including phenoxy) is 12. The van der Waals surface area contributed by atoms with Crippen molar-refractivity contribution in [1.29, 1.82) is 0 Å². The van der Waals surface area contributed by atoms with Gasteiger partial charge in [0, 0.05) is 0 Å². The van der Waals surface area contributed by atoms with E-state index >= 15 is 0 Å². The number of aliphatic hydroxyl groups excluding tert-OH is 12. The summed E-state index contributed by atoms with van der Waals surface area (Å²) in [7, 11) is -33.8. The zero-order valence-corrected chi connectivity index (χ0v) is 50.1. The largest absolute Gasteiger partial charge is 0.469 e. The number of hydrogen-bond donors (Lipinski definition) is 24. The Hall–Kier alpha value is -0.300. The van der Waals surface area contributed by atoms with Crippen LogP contribution in [0, 0.1) is 0 Å². The summed E-state index contributed by atoms with van der Waals surface area (Å²) in [5, 5.41) is 139. The Morgan fingerprint density at radius 1 is 0.200 bits per heavy atom. The van der Waals surface area contributed by atoms with E-state index in [1.807, 2.05) is 0 Å². The lowest BCUT2D eigenvalue weighted by Crippen LogP contribution is -2.69. The number of phosphoric ester groups is 6. The summed E-state index contributed by atoms with van der Waals surface area (Å²) in [5.41, 5.74) is 0. The van der Waals surface area contributed by atoms with Crippen molar-refractivity contribution in [3.05, 3.63) is 0 Å². The molecule has 22 aliphatic heterocycles. The molecule has 0 saturated carbocycles. The summed E-state index contributed by atoms with van der Waals surface area (Å²) in [6.45, 7) is -8.84. The second-order valence-corrected chi connectivity index (χ2v) is 27.9. The molecule has 0 aromatic rings. The lowest BCUT2D eigenvalue weighted by molar-refractivity contribution is -0.403. The Balaban J connectivity index is 1.33. The molecule has 90 heavy (non-hydrogen) atoms. The molecule has 22 rings (SSSR count). The molecule has 48 nitrogen and oxygen atoms in total. The van der Waals surface area contributed by atoms with E-state index < -0.39 is 271 Å². The van der Waals surface area contributed by atoms with Crippen molar-refractivity contribution < 1.29 is 231 Å². The molecule has 54 heteroatoms. The van der Waals surface area contributed by atoms with Crippen LogP contribution in [0.15, 0.2) is 0 Å². The second-order valence-electron chi connectivity index (χ2n) is 20.5. The fourth-order valence-electron chi connectivity index (χ4n) is 9.87. The van der Waals surface area contributed by atoms with Gasteiger partial charge in [0.25, 0.3) is 0 Å². The molecule has 0 radical (unpaired) electrons. The topological polar surface area (TPSA) is 754 Å². The van der Waals surface area contributed by atoms with Crippen molar-refractivity contribution in [2.24, 2.45) is 0 Å². The van der Waals surface area contributed by atoms with Gasteiger partial charge in [-0.2, -0.15) is 0 Å². The van der Waals surface area contributed by atoms with E-state index in [2.05, 4.69) is 27.1 Å². The van der Waals surface area contributed by atoms with Crippen LogP contribution < -0.4 is 0 Å². The molecule has 0 amide bonds. The third-order valence-electron chi connectivity index (χ3n) is 14.0. The summed E-state index contributed by atoms with van der Waals surface area (Å²) >= 11 is 0. The van der Waals surface area contributed by atoms with Crippen LogP contribution in [-0.4, -0.2) is 344 Å². The Bertz CT molecular complexity index is 2180. The number of aliphatic hydroxyl groups is 12. The van der Waals surface area contributed by atoms with E-state index in [1.54, 1.807) is 0 Å². The van der Waals surface area contributed by atoms with Crippen LogP contribution in [-0.2, 0) is 111 Å². The van der Waals surface area contributed by atoms with Crippen LogP contribution >= 0.6 is 46.9 Å². The normalized spacial score (nSPS) is 44.9. The second kappa shape index (κ2) is 30.4. The van der Waals surface area contributed by atoms with Gasteiger partial charge in [-0.25, -0.2) is 27.4 Å². The first-order chi connectivity index (χ1) is 41.3. The third-order valence-corrected chi connectivity index (χ3v) is 16.9. The van der Waals surface area contributed by atoms with Crippen molar-refractivity contribution in [1.82, 2.24) is 0 Å². The highest BCUT2D eigenvalue weighted by atomic mass is 31.2. The fourth-order valence-corrected chi connectivity index (χ4v) is 11.9. The standard InChI is InChI=1S/C36H66O48P6/c37-13-19(43)31-73-7(1-67-85(49,50)51)25(13)79-32-20(44)14(38)27(9(74-32)3-69-87(55,56)57)81-34-22(46)16(40)29(11(76-34)5-71-89(61,62)63)83-36-24(48)18(42)30(12(78-36)6-72-90(64,65)66)84-35-23(47)17(41)28(10(77-35)4-70-88(58,59)60)82-33-21(45)15(39)26(80-31)8(75-33)2-68-86(52,53)54/h7-48H,1-6H2,(H2,49,50,51)(H2,52,53,54)(H2,55,56,57)(H2,58,59,60)(H2,61,62,63)(H2,64,65,66)/t7-,8-,9-,10-,11-,12-,13-,14-,15-,16-,17-,18-,19-,20-,21-,22-,23-,24-,25-,26-,27-,28-,29-,30-,31-,32-,33-,34-,35-,36-/m1/s1. The maximum atomic E-state index is 12.0. The molecule has 22 heterocycles. The Morgan fingerprint density at radius 2 is 0.311 bits per heavy atom. The molecular formula is C36H66O48P6. The SMILES string of the molecule is O=P(O)(O)OC[C@H]1O[C@@H]2O[C@H]3[C@H](O)[C@@H](O)[C@@H](O[C@H]4[C@H](O)[C@@H](O)[C@@H](O[C@H]5[C@H](O)[C@@H](O)[C@@H](O[C@H]6[C@H](O)[C@@H](O)[C@@H](O[C@H]7[C@H](O)[C@@H](O)[C@@H](O[C@H]1[C@H](O)[C@H]2O)O[C@@H]7COP(=O)(O)O)O[C@@H]6COP(=O)(O)O)O[C@@H]5COP(=O)(O)O)O[C@@H]4COP(=O)(O)O)O[C@@H]3COP(=O)(O)O. The molecule has 30 atom stereocenters. The quantitative estimate of drug-likeness (QED) is 0.0567. The van der Waals surface area contributed by atoms with Crippen LogP contribution in [0.4, 0.5) is 0 Å². The van der Waals surface area contributed by atoms with Crippen molar-refractivity contribution in [3.8, 4) is 0 Å². The summed E-state index contributed by atoms with van der Waals surface area (Å²) < 4.78 is 166. The number of phosphoric acid groups is 6. The Kier molecular flexibility index (Phi) is 26.1. The van der Waals surface area contributed by atoms with Crippen molar-refractivity contribution in [2.75, 3.05) is 39.6 Å². The van der Waals surface area contributed by atoms with Gasteiger partial charge in [0.1, 0.15) is 146 Å². The zero-order valence-electron chi connectivity index (χ0n) is 44.8. The summed E-state index contributed by atoms with van der Waals surface area (Å²) in [6, 6.07) is 0. The Morgan fingerprint density at radius 3 is 0.411 bits per heavy atom. The molecule has 24 N–H and O–H groups in total. The summed E-state index contributed by atoms with van der Waals surface area (Å²) in [6.07, 6.45) is -75.2. The lowest BCUT2D eigenvalue weighted by Gasteiger charge is -2.51. The first-order valence-electron chi connectivity index (χ1n) is 25.5. The third kappa shape index (κ3) is 20.4. The smallest absolute Gasteiger partial charge is 0.387 e. The van der Waals surface area contributed by atoms with Gasteiger partial charge in [-0.05, 0) is 0 Å². The van der Waals surface area contributed by atoms with E-state index in [0.29, 0.717) is 0 Å². The first-order valence-corrected chi connectivity index (χ1v) is 34.7. The number of rotatable bonds is 18. The molecule has 0 spiro atoms. The molecule has 0 aliphatic carbocycles. The van der Waals surface area contributed by atoms with Crippen LogP contribution in [0.2, 0.25) is 0 Å². The average Bonchev–Trinajstić information content (AvgIpc) is 0.784. The van der Waals surface area contributed by atoms with Crippen LogP contribution in [0.3, 0.4) is 0 Å². The molecular weight excluding hydrogens is 1390 g/mol. The van der Waals surface area contributed by atoms with Gasteiger partial charge in [0.15, 0.2) is 37.7 Å². The van der Waals surface area contributed by atoms with Gasteiger partial charge in [-0.1, -0.05) is 0 Å². The van der Waals surface area contributed by atoms with E-state index in [1.165, 1.54) is 0 Å². The maximum absolute atomic E-state index is 12.0. The molecule has 22 aliphatic rings. The Labute approximate surface area is 501 Å². The van der Waals surface area contributed by atoms with Gasteiger partial charge in [0.2, 0.25) is 0 Å². The fraction of sp³-hybridized carbons (Fsp3) is 1.00. The lowest BCUT2D eigenvalue weighted by atomic mass is 9.94. The minimum absolute atomic E-state index is 1.47. The van der Waals surface area contributed by atoms with Crippen molar-refractivity contribution in [2.45, 2.75) is 184 Å². The molecule has 0 unspecified atom stereocenters. The highest BCUT2D eigenvalue weighted by Crippen LogP contribution is 2.46. The zero-order chi connectivity index (χ0) is 67.3. The van der Waals surface area contributed by atoms with Gasteiger partial charge in [-0.15, -0.1) is 0 Å². The van der Waals surface area contributed by atoms with E-state index in [0.717, 1.165) is 0 Å². The predicted molar refractivity (Wildman–Crippen MR) is 261 cm³/mol. The van der Waals surface area contributed by atoms with Crippen LogP contribution in [0.5, 0.6) is 0 Å². The molecule has 528 valence electrons. The van der Waals surface area contributed by atoms with Gasteiger partial charge in [0.05, 0.1) is 39.6 Å². The summed E-state index contributed by atoms with van der Waals surface area (Å²) in [5.74, 6) is 0. The molecule has 0 aromatic heterocycles. The first kappa shape index (κ1) is 77.1. The molecule has 12 bridgehead atoms. The van der Waals surface area contributed by atoms with Crippen LogP contribution in [0.25, 0.3) is 0 Å². The summed E-state index contributed by atoms with van der Waals surface area (Å²) in [4.78, 5) is 116. The minimum Gasteiger partial charge on any atom is -0.387 e. The molecule has 0 aromatic carbocycles. The van der Waals surface area contributed by atoms with Gasteiger partial charge in [-0.3, -0.25) is 27.1 Å². The van der Waals surface area contributed by atoms with Gasteiger partial charge < -0.3 is 177 Å². The van der Waals surface area contributed by atoms with Crippen molar-refractivity contribution in [3.63, 3.8) is 0 Å². The van der Waals surface area contributed by atoms with E-state index in [-0.39, 0.29) is 0 Å². The number of hydrogen-bond acceptors (Lipinski definition) is 36. The van der Waals surface area contributed by atoms with E-state index in [9.17, 15) is 147 Å². The van der Waals surface area contributed by atoms with Gasteiger partial charge >= 0.3 is 46.9 Å². The predicted octanol–water partition coefficient (Wildman–Crippen LogP) is -12.4.